The first-order valence-corrected chi connectivity index (χ1v) is 7.29. The normalized spacial score (nSPS) is 17.7. The molecule has 110 valence electrons. The zero-order valence-corrected chi connectivity index (χ0v) is 12.0. The van der Waals surface area contributed by atoms with Crippen LogP contribution < -0.4 is 4.74 Å². The summed E-state index contributed by atoms with van der Waals surface area (Å²) < 4.78 is 5.57. The molecule has 1 saturated heterocycles. The van der Waals surface area contributed by atoms with E-state index in [2.05, 4.69) is 4.90 Å². The predicted molar refractivity (Wildman–Crippen MR) is 78.2 cm³/mol. The Balaban J connectivity index is 1.78. The SMILES string of the molecule is CC(=O)c1cccc(OC[C@@H](O)CN2CCCCC2)c1. The zero-order valence-electron chi connectivity index (χ0n) is 12.0. The summed E-state index contributed by atoms with van der Waals surface area (Å²) in [7, 11) is 0. The van der Waals surface area contributed by atoms with Crippen LogP contribution in [-0.2, 0) is 0 Å². The third-order valence-corrected chi connectivity index (χ3v) is 3.60. The maximum absolute atomic E-state index is 11.3. The molecule has 0 bridgehead atoms. The van der Waals surface area contributed by atoms with Crippen LogP contribution in [0.1, 0.15) is 36.5 Å². The molecule has 1 aromatic rings. The highest BCUT2D eigenvalue weighted by Crippen LogP contribution is 2.14. The lowest BCUT2D eigenvalue weighted by Crippen LogP contribution is -2.38. The van der Waals surface area contributed by atoms with Crippen LogP contribution in [0.3, 0.4) is 0 Å². The lowest BCUT2D eigenvalue weighted by molar-refractivity contribution is 0.0617. The van der Waals surface area contributed by atoms with E-state index in [0.29, 0.717) is 17.9 Å². The molecule has 1 atom stereocenters. The van der Waals surface area contributed by atoms with Crippen molar-refractivity contribution in [1.29, 1.82) is 0 Å². The highest BCUT2D eigenvalue weighted by molar-refractivity contribution is 5.94. The van der Waals surface area contributed by atoms with Gasteiger partial charge in [0.2, 0.25) is 0 Å². The van der Waals surface area contributed by atoms with Crippen molar-refractivity contribution in [2.24, 2.45) is 0 Å². The third kappa shape index (κ3) is 4.62. The van der Waals surface area contributed by atoms with Crippen molar-refractivity contribution in [2.45, 2.75) is 32.3 Å². The first-order chi connectivity index (χ1) is 9.65. The number of piperidine rings is 1. The van der Waals surface area contributed by atoms with E-state index in [1.807, 2.05) is 0 Å². The topological polar surface area (TPSA) is 49.8 Å². The number of ketones is 1. The van der Waals surface area contributed by atoms with Crippen LogP contribution in [0.2, 0.25) is 0 Å². The number of Topliss-reactive ketones (excluding diaryl/α,β-unsaturated/α-hetero) is 1. The van der Waals surface area contributed by atoms with Crippen LogP contribution in [0.25, 0.3) is 0 Å². The van der Waals surface area contributed by atoms with Gasteiger partial charge in [-0.15, -0.1) is 0 Å². The smallest absolute Gasteiger partial charge is 0.159 e. The van der Waals surface area contributed by atoms with Gasteiger partial charge in [0.1, 0.15) is 18.5 Å². The molecule has 4 nitrogen and oxygen atoms in total. The van der Waals surface area contributed by atoms with E-state index in [9.17, 15) is 9.90 Å². The van der Waals surface area contributed by atoms with Gasteiger partial charge < -0.3 is 14.7 Å². The summed E-state index contributed by atoms with van der Waals surface area (Å²) in [5.41, 5.74) is 0.632. The van der Waals surface area contributed by atoms with E-state index in [4.69, 9.17) is 4.74 Å². The van der Waals surface area contributed by atoms with Gasteiger partial charge in [0, 0.05) is 12.1 Å². The van der Waals surface area contributed by atoms with Gasteiger partial charge in [0.05, 0.1) is 0 Å². The Hall–Kier alpha value is -1.39. The molecule has 1 fully saturated rings. The third-order valence-electron chi connectivity index (χ3n) is 3.60. The fraction of sp³-hybridized carbons (Fsp3) is 0.562. The minimum absolute atomic E-state index is 0.0179. The molecule has 20 heavy (non-hydrogen) atoms. The molecule has 4 heteroatoms. The van der Waals surface area contributed by atoms with Crippen LogP contribution >= 0.6 is 0 Å². The van der Waals surface area contributed by atoms with Crippen molar-refractivity contribution in [3.05, 3.63) is 29.8 Å². The summed E-state index contributed by atoms with van der Waals surface area (Å²) in [5.74, 6) is 0.653. The molecule has 0 spiro atoms. The van der Waals surface area contributed by atoms with Gasteiger partial charge in [-0.25, -0.2) is 0 Å². The van der Waals surface area contributed by atoms with Gasteiger partial charge >= 0.3 is 0 Å². The van der Waals surface area contributed by atoms with E-state index in [-0.39, 0.29) is 12.4 Å². The second-order valence-electron chi connectivity index (χ2n) is 5.41. The second kappa shape index (κ2) is 7.41. The van der Waals surface area contributed by atoms with Crippen molar-refractivity contribution in [3.8, 4) is 5.75 Å². The molecule has 0 radical (unpaired) electrons. The molecule has 2 rings (SSSR count). The highest BCUT2D eigenvalue weighted by atomic mass is 16.5. The number of rotatable bonds is 6. The number of benzene rings is 1. The van der Waals surface area contributed by atoms with Gasteiger partial charge in [0.25, 0.3) is 0 Å². The van der Waals surface area contributed by atoms with Gasteiger partial charge in [-0.05, 0) is 45.0 Å². The van der Waals surface area contributed by atoms with E-state index in [1.165, 1.54) is 26.2 Å². The predicted octanol–water partition coefficient (Wildman–Crippen LogP) is 2.11. The Kier molecular flexibility index (Phi) is 5.56. The van der Waals surface area contributed by atoms with Crippen molar-refractivity contribution >= 4 is 5.78 Å². The molecule has 0 amide bonds. The Morgan fingerprint density at radius 3 is 2.80 bits per heavy atom. The molecular weight excluding hydrogens is 254 g/mol. The molecule has 1 aliphatic rings. The van der Waals surface area contributed by atoms with Crippen molar-refractivity contribution < 1.29 is 14.6 Å². The first-order valence-electron chi connectivity index (χ1n) is 7.29. The number of hydrogen-bond donors (Lipinski definition) is 1. The van der Waals surface area contributed by atoms with E-state index >= 15 is 0 Å². The number of nitrogens with zero attached hydrogens (tertiary/aromatic N) is 1. The molecule has 0 unspecified atom stereocenters. The Morgan fingerprint density at radius 1 is 1.35 bits per heavy atom. The highest BCUT2D eigenvalue weighted by Gasteiger charge is 2.15. The molecule has 1 heterocycles. The minimum atomic E-state index is -0.492. The van der Waals surface area contributed by atoms with Gasteiger partial charge in [-0.1, -0.05) is 18.6 Å². The minimum Gasteiger partial charge on any atom is -0.491 e. The molecule has 0 saturated carbocycles. The maximum Gasteiger partial charge on any atom is 0.159 e. The van der Waals surface area contributed by atoms with Gasteiger partial charge in [0.15, 0.2) is 5.78 Å². The molecular formula is C16H23NO3. The quantitative estimate of drug-likeness (QED) is 0.809. The van der Waals surface area contributed by atoms with E-state index in [0.717, 1.165) is 13.1 Å². The number of aliphatic hydroxyl groups is 1. The van der Waals surface area contributed by atoms with Crippen molar-refractivity contribution in [3.63, 3.8) is 0 Å². The standard InChI is InChI=1S/C16H23NO3/c1-13(18)14-6-5-7-16(10-14)20-12-15(19)11-17-8-3-2-4-9-17/h5-7,10,15,19H,2-4,8-9,11-12H2,1H3/t15-/m0/s1. The molecule has 0 aliphatic carbocycles. The molecule has 1 aromatic carbocycles. The van der Waals surface area contributed by atoms with Crippen LogP contribution in [0.4, 0.5) is 0 Å². The number of likely N-dealkylation sites (tertiary alicyclic amines) is 1. The Bertz CT molecular complexity index is 441. The van der Waals surface area contributed by atoms with Gasteiger partial charge in [-0.2, -0.15) is 0 Å². The van der Waals surface area contributed by atoms with E-state index < -0.39 is 6.10 Å². The maximum atomic E-state index is 11.3. The van der Waals surface area contributed by atoms with Crippen LogP contribution in [-0.4, -0.2) is 48.1 Å². The van der Waals surface area contributed by atoms with Crippen LogP contribution in [0, 0.1) is 0 Å². The summed E-state index contributed by atoms with van der Waals surface area (Å²) in [4.78, 5) is 13.6. The number of β-amino-alcohol motifs (C(OH)–C–C–N with tert-alkyl or cyclic N) is 1. The lowest BCUT2D eigenvalue weighted by Gasteiger charge is -2.28. The average molecular weight is 277 g/mol. The molecule has 1 N–H and O–H groups in total. The first kappa shape index (κ1) is 15.0. The number of ether oxygens (including phenoxy) is 1. The van der Waals surface area contributed by atoms with E-state index in [1.54, 1.807) is 24.3 Å². The monoisotopic (exact) mass is 277 g/mol. The second-order valence-corrected chi connectivity index (χ2v) is 5.41. The number of hydrogen-bond acceptors (Lipinski definition) is 4. The summed E-state index contributed by atoms with van der Waals surface area (Å²) in [6.45, 7) is 4.59. The summed E-state index contributed by atoms with van der Waals surface area (Å²) in [6, 6.07) is 7.08. The molecule has 1 aliphatic heterocycles. The Labute approximate surface area is 120 Å². The summed E-state index contributed by atoms with van der Waals surface area (Å²) in [6.07, 6.45) is 3.23. The number of carbonyl (C=O) groups excluding carboxylic acids is 1. The van der Waals surface area contributed by atoms with Crippen LogP contribution in [0.15, 0.2) is 24.3 Å². The number of aliphatic hydroxyl groups excluding tert-OH is 1. The fourth-order valence-electron chi connectivity index (χ4n) is 2.49. The van der Waals surface area contributed by atoms with Crippen molar-refractivity contribution in [1.82, 2.24) is 4.90 Å². The summed E-state index contributed by atoms with van der Waals surface area (Å²) >= 11 is 0. The molecule has 0 aromatic heterocycles. The summed E-state index contributed by atoms with van der Waals surface area (Å²) in [5, 5.41) is 10.0. The lowest BCUT2D eigenvalue weighted by atomic mass is 10.1. The van der Waals surface area contributed by atoms with Crippen molar-refractivity contribution in [2.75, 3.05) is 26.2 Å². The van der Waals surface area contributed by atoms with Crippen LogP contribution in [0.5, 0.6) is 5.75 Å². The Morgan fingerprint density at radius 2 is 2.10 bits per heavy atom. The average Bonchev–Trinajstić information content (AvgIpc) is 2.46. The largest absolute Gasteiger partial charge is 0.491 e. The number of carbonyl (C=O) groups is 1. The van der Waals surface area contributed by atoms with Gasteiger partial charge in [-0.3, -0.25) is 4.79 Å². The fourth-order valence-corrected chi connectivity index (χ4v) is 2.49. The zero-order chi connectivity index (χ0) is 14.4.